The highest BCUT2D eigenvalue weighted by Crippen LogP contribution is 2.23. The molecule has 0 aromatic heterocycles. The maximum Gasteiger partial charge on any atom is 0.211 e. The van der Waals surface area contributed by atoms with E-state index >= 15 is 0 Å². The van der Waals surface area contributed by atoms with Crippen LogP contribution in [0.2, 0.25) is 0 Å². The van der Waals surface area contributed by atoms with E-state index in [-0.39, 0.29) is 0 Å². The van der Waals surface area contributed by atoms with Crippen LogP contribution in [0.4, 0.5) is 11.4 Å². The van der Waals surface area contributed by atoms with E-state index in [0.717, 1.165) is 16.9 Å². The van der Waals surface area contributed by atoms with Gasteiger partial charge in [0.25, 0.3) is 0 Å². The normalized spacial score (nSPS) is 8.92. The second kappa shape index (κ2) is 4.21. The van der Waals surface area contributed by atoms with Crippen molar-refractivity contribution in [2.75, 3.05) is 5.32 Å². The standard InChI is InChI=1S/C10H10N2O/c1-3-8-6-9(12-7-13)4-5-10(8)11-2/h3-7H,1-2H2,(H,12,13). The van der Waals surface area contributed by atoms with Crippen LogP contribution in [0.5, 0.6) is 0 Å². The molecule has 0 heterocycles. The minimum absolute atomic E-state index is 0.628. The molecule has 0 atom stereocenters. The van der Waals surface area contributed by atoms with Crippen molar-refractivity contribution in [2.45, 2.75) is 0 Å². The molecule has 0 aliphatic carbocycles. The number of carbonyl (C=O) groups excluding carboxylic acids is 1. The van der Waals surface area contributed by atoms with Crippen LogP contribution in [0.3, 0.4) is 0 Å². The number of benzene rings is 1. The number of hydrogen-bond donors (Lipinski definition) is 1. The minimum atomic E-state index is 0.628. The van der Waals surface area contributed by atoms with E-state index in [9.17, 15) is 4.79 Å². The first-order valence-corrected chi connectivity index (χ1v) is 3.75. The average molecular weight is 174 g/mol. The van der Waals surface area contributed by atoms with Crippen molar-refractivity contribution in [3.8, 4) is 0 Å². The van der Waals surface area contributed by atoms with Gasteiger partial charge >= 0.3 is 0 Å². The van der Waals surface area contributed by atoms with Gasteiger partial charge in [0.05, 0.1) is 5.69 Å². The Hall–Kier alpha value is -1.90. The van der Waals surface area contributed by atoms with E-state index in [1.54, 1.807) is 24.3 Å². The molecule has 1 aromatic rings. The largest absolute Gasteiger partial charge is 0.329 e. The first-order chi connectivity index (χ1) is 6.31. The summed E-state index contributed by atoms with van der Waals surface area (Å²) in [5, 5.41) is 2.54. The molecule has 0 fully saturated rings. The molecule has 0 unspecified atom stereocenters. The Balaban J connectivity index is 3.11. The third-order valence-corrected chi connectivity index (χ3v) is 1.64. The highest BCUT2D eigenvalue weighted by Gasteiger charge is 1.97. The number of hydrogen-bond acceptors (Lipinski definition) is 2. The molecule has 0 saturated heterocycles. The molecule has 0 radical (unpaired) electrons. The van der Waals surface area contributed by atoms with Gasteiger partial charge in [-0.2, -0.15) is 0 Å². The van der Waals surface area contributed by atoms with E-state index in [1.807, 2.05) is 0 Å². The molecule has 0 bridgehead atoms. The SMILES string of the molecule is C=Cc1cc(NC=O)ccc1N=C. The topological polar surface area (TPSA) is 41.5 Å². The molecular formula is C10H10N2O. The van der Waals surface area contributed by atoms with Crippen LogP contribution in [0.25, 0.3) is 6.08 Å². The van der Waals surface area contributed by atoms with E-state index in [4.69, 9.17) is 0 Å². The van der Waals surface area contributed by atoms with Crippen LogP contribution >= 0.6 is 0 Å². The molecule has 1 amide bonds. The van der Waals surface area contributed by atoms with Gasteiger partial charge in [0.1, 0.15) is 0 Å². The Morgan fingerprint density at radius 1 is 1.46 bits per heavy atom. The zero-order valence-corrected chi connectivity index (χ0v) is 7.16. The number of aliphatic imine (C=N–C) groups is 1. The monoisotopic (exact) mass is 174 g/mol. The second-order valence-electron chi connectivity index (χ2n) is 2.40. The smallest absolute Gasteiger partial charge is 0.211 e. The third kappa shape index (κ3) is 2.02. The van der Waals surface area contributed by atoms with Gasteiger partial charge in [-0.1, -0.05) is 12.7 Å². The lowest BCUT2D eigenvalue weighted by atomic mass is 10.1. The fourth-order valence-corrected chi connectivity index (χ4v) is 1.02. The predicted octanol–water partition coefficient (Wildman–Crippen LogP) is 2.23. The van der Waals surface area contributed by atoms with Crippen LogP contribution in [0.15, 0.2) is 29.8 Å². The van der Waals surface area contributed by atoms with E-state index in [0.29, 0.717) is 6.41 Å². The van der Waals surface area contributed by atoms with E-state index in [1.165, 1.54) is 0 Å². The first kappa shape index (κ1) is 9.19. The highest BCUT2D eigenvalue weighted by atomic mass is 16.1. The summed E-state index contributed by atoms with van der Waals surface area (Å²) in [6, 6.07) is 5.31. The van der Waals surface area contributed by atoms with Gasteiger partial charge in [-0.25, -0.2) is 0 Å². The highest BCUT2D eigenvalue weighted by molar-refractivity contribution is 5.76. The van der Waals surface area contributed by atoms with E-state index < -0.39 is 0 Å². The van der Waals surface area contributed by atoms with Crippen molar-refractivity contribution in [1.82, 2.24) is 0 Å². The molecular weight excluding hydrogens is 164 g/mol. The summed E-state index contributed by atoms with van der Waals surface area (Å²) in [7, 11) is 0. The second-order valence-corrected chi connectivity index (χ2v) is 2.40. The summed E-state index contributed by atoms with van der Waals surface area (Å²) in [5.74, 6) is 0. The zero-order valence-electron chi connectivity index (χ0n) is 7.16. The lowest BCUT2D eigenvalue weighted by Gasteiger charge is -2.03. The molecule has 1 aromatic carbocycles. The summed E-state index contributed by atoms with van der Waals surface area (Å²) in [5.41, 5.74) is 2.32. The van der Waals surface area contributed by atoms with Gasteiger partial charge < -0.3 is 5.32 Å². The van der Waals surface area contributed by atoms with Gasteiger partial charge in [-0.3, -0.25) is 9.79 Å². The number of rotatable bonds is 4. The summed E-state index contributed by atoms with van der Waals surface area (Å²) in [6.45, 7) is 7.06. The van der Waals surface area contributed by atoms with Gasteiger partial charge in [-0.05, 0) is 24.9 Å². The number of carbonyl (C=O) groups is 1. The fraction of sp³-hybridized carbons (Fsp3) is 0. The van der Waals surface area contributed by atoms with Crippen molar-refractivity contribution in [1.29, 1.82) is 0 Å². The van der Waals surface area contributed by atoms with Crippen LogP contribution in [0.1, 0.15) is 5.56 Å². The minimum Gasteiger partial charge on any atom is -0.329 e. The van der Waals surface area contributed by atoms with Crippen molar-refractivity contribution < 1.29 is 4.79 Å². The first-order valence-electron chi connectivity index (χ1n) is 3.75. The molecule has 1 N–H and O–H groups in total. The number of amides is 1. The van der Waals surface area contributed by atoms with Gasteiger partial charge in [0, 0.05) is 11.3 Å². The van der Waals surface area contributed by atoms with Crippen LogP contribution in [-0.2, 0) is 4.79 Å². The maximum atomic E-state index is 10.2. The van der Waals surface area contributed by atoms with Gasteiger partial charge in [0.2, 0.25) is 6.41 Å². The molecule has 1 rings (SSSR count). The molecule has 0 saturated carbocycles. The van der Waals surface area contributed by atoms with Crippen molar-refractivity contribution in [3.63, 3.8) is 0 Å². The third-order valence-electron chi connectivity index (χ3n) is 1.64. The van der Waals surface area contributed by atoms with E-state index in [2.05, 4.69) is 23.6 Å². The fourth-order valence-electron chi connectivity index (χ4n) is 1.02. The summed E-state index contributed by atoms with van der Waals surface area (Å²) >= 11 is 0. The predicted molar refractivity (Wildman–Crippen MR) is 55.4 cm³/mol. The number of anilines is 1. The quantitative estimate of drug-likeness (QED) is 0.552. The average Bonchev–Trinajstić information content (AvgIpc) is 2.18. The van der Waals surface area contributed by atoms with Gasteiger partial charge in [-0.15, -0.1) is 0 Å². The molecule has 0 spiro atoms. The summed E-state index contributed by atoms with van der Waals surface area (Å²) in [4.78, 5) is 14.0. The Kier molecular flexibility index (Phi) is 2.97. The zero-order chi connectivity index (χ0) is 9.68. The van der Waals surface area contributed by atoms with Crippen LogP contribution in [-0.4, -0.2) is 13.1 Å². The van der Waals surface area contributed by atoms with Crippen molar-refractivity contribution in [2.24, 2.45) is 4.99 Å². The Bertz CT molecular complexity index is 345. The Labute approximate surface area is 76.8 Å². The lowest BCUT2D eigenvalue weighted by Crippen LogP contribution is -1.93. The van der Waals surface area contributed by atoms with Crippen LogP contribution in [0, 0.1) is 0 Å². The Morgan fingerprint density at radius 2 is 2.23 bits per heavy atom. The molecule has 13 heavy (non-hydrogen) atoms. The number of nitrogens with one attached hydrogen (secondary N) is 1. The van der Waals surface area contributed by atoms with Crippen LogP contribution < -0.4 is 5.32 Å². The summed E-state index contributed by atoms with van der Waals surface area (Å²) in [6.07, 6.45) is 2.29. The molecule has 3 nitrogen and oxygen atoms in total. The van der Waals surface area contributed by atoms with Crippen molar-refractivity contribution in [3.05, 3.63) is 30.3 Å². The molecule has 0 aliphatic rings. The Morgan fingerprint density at radius 3 is 2.77 bits per heavy atom. The van der Waals surface area contributed by atoms with Crippen molar-refractivity contribution >= 4 is 30.6 Å². The summed E-state index contributed by atoms with van der Waals surface area (Å²) < 4.78 is 0. The molecule has 3 heteroatoms. The number of nitrogens with zero attached hydrogens (tertiary/aromatic N) is 1. The molecule has 66 valence electrons. The van der Waals surface area contributed by atoms with Gasteiger partial charge in [0.15, 0.2) is 0 Å². The maximum absolute atomic E-state index is 10.2. The lowest BCUT2D eigenvalue weighted by molar-refractivity contribution is -0.105. The molecule has 0 aliphatic heterocycles.